The molecule has 0 unspecified atom stereocenters. The number of carbonyl (C=O) groups is 2. The molecule has 4 rings (SSSR count). The number of aromatic amines is 1. The molecule has 0 radical (unpaired) electrons. The Labute approximate surface area is 243 Å². The van der Waals surface area contributed by atoms with Crippen LogP contribution < -0.4 is 21.6 Å². The molecule has 1 fully saturated rings. The van der Waals surface area contributed by atoms with Crippen molar-refractivity contribution in [2.75, 3.05) is 13.2 Å². The minimum atomic E-state index is -3.05. The standard InChI is InChI=1S/C30H35FN2O8Si/c1-19(34)38-17-23-25(41-28(26(23)40-20(2)35)33-16-24(31)27(36)32-29(33)37)18-39-42(30(3,4)5,21-12-8-6-9-13-21)22-14-10-7-11-15-22/h6-16,23,25-26,28H,17-18H2,1-5H3,(H,32,36,37)/t23-,25-,26-,28-/m1/s1. The van der Waals surface area contributed by atoms with Crippen LogP contribution in [0.5, 0.6) is 0 Å². The fraction of sp³-hybridized carbons (Fsp3) is 0.400. The van der Waals surface area contributed by atoms with Crippen LogP contribution >= 0.6 is 0 Å². The predicted molar refractivity (Wildman–Crippen MR) is 154 cm³/mol. The fourth-order valence-electron chi connectivity index (χ4n) is 5.54. The number of hydrogen-bond donors (Lipinski definition) is 1. The first kappa shape index (κ1) is 31.1. The quantitative estimate of drug-likeness (QED) is 0.294. The van der Waals surface area contributed by atoms with Crippen LogP contribution in [0.15, 0.2) is 76.4 Å². The second-order valence-corrected chi connectivity index (χ2v) is 15.5. The summed E-state index contributed by atoms with van der Waals surface area (Å²) in [7, 11) is -3.05. The van der Waals surface area contributed by atoms with Crippen LogP contribution in [-0.4, -0.2) is 55.2 Å². The third-order valence-electron chi connectivity index (χ3n) is 7.36. The first-order valence-corrected chi connectivity index (χ1v) is 15.5. The van der Waals surface area contributed by atoms with Crippen molar-refractivity contribution in [1.82, 2.24) is 9.55 Å². The molecule has 0 bridgehead atoms. The van der Waals surface area contributed by atoms with E-state index in [0.29, 0.717) is 6.20 Å². The summed E-state index contributed by atoms with van der Waals surface area (Å²) in [4.78, 5) is 50.3. The molecular formula is C30H35FN2O8Si. The lowest BCUT2D eigenvalue weighted by atomic mass is 9.99. The molecule has 3 aromatic rings. The summed E-state index contributed by atoms with van der Waals surface area (Å²) in [5.41, 5.74) is -2.15. The van der Waals surface area contributed by atoms with Gasteiger partial charge in [-0.3, -0.25) is 23.9 Å². The summed E-state index contributed by atoms with van der Waals surface area (Å²) in [6.07, 6.45) is -2.66. The number of esters is 2. The molecule has 0 saturated carbocycles. The zero-order valence-electron chi connectivity index (χ0n) is 24.2. The number of benzene rings is 2. The highest BCUT2D eigenvalue weighted by Gasteiger charge is 2.53. The van der Waals surface area contributed by atoms with E-state index in [4.69, 9.17) is 18.6 Å². The number of rotatable bonds is 9. The first-order chi connectivity index (χ1) is 19.8. The van der Waals surface area contributed by atoms with E-state index in [1.165, 1.54) is 13.8 Å². The molecule has 42 heavy (non-hydrogen) atoms. The maximum absolute atomic E-state index is 14.3. The van der Waals surface area contributed by atoms with Gasteiger partial charge in [-0.15, -0.1) is 0 Å². The van der Waals surface area contributed by atoms with Crippen LogP contribution in [0.4, 0.5) is 4.39 Å². The summed E-state index contributed by atoms with van der Waals surface area (Å²) < 4.78 is 39.3. The minimum absolute atomic E-state index is 0.0337. The van der Waals surface area contributed by atoms with Crippen molar-refractivity contribution in [3.05, 3.63) is 93.5 Å². The van der Waals surface area contributed by atoms with Gasteiger partial charge in [-0.2, -0.15) is 4.39 Å². The van der Waals surface area contributed by atoms with Gasteiger partial charge in [-0.1, -0.05) is 81.4 Å². The van der Waals surface area contributed by atoms with Crippen LogP contribution in [0.25, 0.3) is 0 Å². The van der Waals surface area contributed by atoms with E-state index in [-0.39, 0.29) is 18.3 Å². The van der Waals surface area contributed by atoms with Crippen LogP contribution in [0, 0.1) is 11.7 Å². The van der Waals surface area contributed by atoms with Gasteiger partial charge in [0.2, 0.25) is 5.82 Å². The summed E-state index contributed by atoms with van der Waals surface area (Å²) in [6.45, 7) is 8.49. The van der Waals surface area contributed by atoms with Gasteiger partial charge in [0.1, 0.15) is 6.61 Å². The number of aromatic nitrogens is 2. The van der Waals surface area contributed by atoms with Crippen molar-refractivity contribution in [2.24, 2.45) is 5.92 Å². The Hall–Kier alpha value is -3.87. The Morgan fingerprint density at radius 2 is 1.52 bits per heavy atom. The van der Waals surface area contributed by atoms with E-state index in [1.54, 1.807) is 0 Å². The Morgan fingerprint density at radius 3 is 2.02 bits per heavy atom. The highest BCUT2D eigenvalue weighted by Crippen LogP contribution is 2.40. The maximum Gasteiger partial charge on any atom is 0.330 e. The summed E-state index contributed by atoms with van der Waals surface area (Å²) in [5, 5.41) is 1.67. The fourth-order valence-corrected chi connectivity index (χ4v) is 10.1. The zero-order chi connectivity index (χ0) is 30.7. The van der Waals surface area contributed by atoms with Crippen molar-refractivity contribution in [1.29, 1.82) is 0 Å². The van der Waals surface area contributed by atoms with E-state index in [2.05, 4.69) is 20.8 Å². The smallest absolute Gasteiger partial charge is 0.330 e. The molecule has 1 N–H and O–H groups in total. The topological polar surface area (TPSA) is 126 Å². The van der Waals surface area contributed by atoms with E-state index in [0.717, 1.165) is 14.9 Å². The first-order valence-electron chi connectivity index (χ1n) is 13.6. The van der Waals surface area contributed by atoms with E-state index in [9.17, 15) is 23.6 Å². The average molecular weight is 599 g/mol. The number of halogens is 1. The third-order valence-corrected chi connectivity index (χ3v) is 12.4. The SMILES string of the molecule is CC(=O)OC[C@H]1[C@@H](OC(C)=O)[C@H](n2cc(F)c(=O)[nH]c2=O)O[C@@H]1CO[Si](c1ccccc1)(c1ccccc1)C(C)(C)C. The number of H-pyrrole nitrogens is 1. The molecule has 0 spiro atoms. The highest BCUT2D eigenvalue weighted by atomic mass is 28.4. The van der Waals surface area contributed by atoms with Crippen LogP contribution in [0.2, 0.25) is 5.04 Å². The molecule has 1 saturated heterocycles. The predicted octanol–water partition coefficient (Wildman–Crippen LogP) is 2.26. The number of hydrogen-bond acceptors (Lipinski definition) is 8. The van der Waals surface area contributed by atoms with E-state index >= 15 is 0 Å². The minimum Gasteiger partial charge on any atom is -0.465 e. The van der Waals surface area contributed by atoms with E-state index in [1.807, 2.05) is 65.6 Å². The third kappa shape index (κ3) is 6.30. The number of nitrogens with zero attached hydrogens (tertiary/aromatic N) is 1. The zero-order valence-corrected chi connectivity index (χ0v) is 25.2. The summed E-state index contributed by atoms with van der Waals surface area (Å²) in [5.74, 6) is -3.27. The Balaban J connectivity index is 1.80. The Kier molecular flexibility index (Phi) is 9.29. The molecule has 2 aromatic carbocycles. The molecular weight excluding hydrogens is 563 g/mol. The molecule has 1 aromatic heterocycles. The van der Waals surface area contributed by atoms with Crippen molar-refractivity contribution in [3.63, 3.8) is 0 Å². The van der Waals surface area contributed by atoms with Gasteiger partial charge in [0.05, 0.1) is 24.8 Å². The normalized spacial score (nSPS) is 20.7. The van der Waals surface area contributed by atoms with Crippen molar-refractivity contribution in [2.45, 2.75) is 58.1 Å². The molecule has 1 aliphatic heterocycles. The van der Waals surface area contributed by atoms with Crippen molar-refractivity contribution < 1.29 is 32.6 Å². The van der Waals surface area contributed by atoms with Gasteiger partial charge in [-0.05, 0) is 15.4 Å². The molecule has 4 atom stereocenters. The summed E-state index contributed by atoms with van der Waals surface area (Å²) in [6, 6.07) is 19.8. The lowest BCUT2D eigenvalue weighted by Crippen LogP contribution is -2.67. The van der Waals surface area contributed by atoms with Gasteiger partial charge >= 0.3 is 17.6 Å². The number of nitrogens with one attached hydrogen (secondary N) is 1. The van der Waals surface area contributed by atoms with Gasteiger partial charge < -0.3 is 18.6 Å². The number of ether oxygens (including phenoxy) is 3. The molecule has 2 heterocycles. The monoisotopic (exact) mass is 598 g/mol. The Morgan fingerprint density at radius 1 is 0.952 bits per heavy atom. The number of carbonyl (C=O) groups excluding carboxylic acids is 2. The lowest BCUT2D eigenvalue weighted by molar-refractivity contribution is -0.155. The molecule has 10 nitrogen and oxygen atoms in total. The van der Waals surface area contributed by atoms with Crippen LogP contribution in [0.1, 0.15) is 40.8 Å². The van der Waals surface area contributed by atoms with Crippen molar-refractivity contribution in [3.8, 4) is 0 Å². The van der Waals surface area contributed by atoms with Crippen LogP contribution in [0.3, 0.4) is 0 Å². The maximum atomic E-state index is 14.3. The molecule has 1 aliphatic rings. The van der Waals surface area contributed by atoms with Crippen LogP contribution in [-0.2, 0) is 28.2 Å². The molecule has 0 aliphatic carbocycles. The van der Waals surface area contributed by atoms with Gasteiger partial charge in [0.25, 0.3) is 13.9 Å². The van der Waals surface area contributed by atoms with E-state index < -0.39 is 61.7 Å². The second-order valence-electron chi connectivity index (χ2n) is 11.2. The molecule has 12 heteroatoms. The largest absolute Gasteiger partial charge is 0.465 e. The van der Waals surface area contributed by atoms with Gasteiger partial charge in [0.15, 0.2) is 12.3 Å². The van der Waals surface area contributed by atoms with Gasteiger partial charge in [-0.25, -0.2) is 4.79 Å². The summed E-state index contributed by atoms with van der Waals surface area (Å²) >= 11 is 0. The second kappa shape index (κ2) is 12.6. The lowest BCUT2D eigenvalue weighted by Gasteiger charge is -2.43. The molecule has 224 valence electrons. The van der Waals surface area contributed by atoms with Gasteiger partial charge in [0, 0.05) is 13.8 Å². The highest BCUT2D eigenvalue weighted by molar-refractivity contribution is 6.99. The molecule has 0 amide bonds. The Bertz CT molecular complexity index is 1480. The average Bonchev–Trinajstić information content (AvgIpc) is 3.26. The van der Waals surface area contributed by atoms with Crippen molar-refractivity contribution >= 4 is 30.6 Å².